The minimum Gasteiger partial charge on any atom is -0.461 e. The molecule has 3 aromatic rings. The first-order chi connectivity index (χ1) is 17.5. The average molecular weight is 487 g/mol. The van der Waals surface area contributed by atoms with Crippen LogP contribution in [0.5, 0.6) is 0 Å². The fraction of sp³-hybridized carbons (Fsp3) is 0.357. The Balaban J connectivity index is 1.36. The summed E-state index contributed by atoms with van der Waals surface area (Å²) in [7, 11) is 0. The van der Waals surface area contributed by atoms with Gasteiger partial charge in [0.1, 0.15) is 6.04 Å². The van der Waals surface area contributed by atoms with Crippen molar-refractivity contribution < 1.29 is 19.1 Å². The van der Waals surface area contributed by atoms with Gasteiger partial charge in [0.2, 0.25) is 5.91 Å². The zero-order valence-corrected chi connectivity index (χ0v) is 20.3. The van der Waals surface area contributed by atoms with Crippen LogP contribution >= 0.6 is 0 Å². The second-order valence-electron chi connectivity index (χ2n) is 9.35. The van der Waals surface area contributed by atoms with Gasteiger partial charge in [-0.15, -0.1) is 0 Å². The van der Waals surface area contributed by atoms with E-state index < -0.39 is 12.0 Å². The molecule has 1 aliphatic carbocycles. The number of esters is 1. The normalized spacial score (nSPS) is 21.0. The Morgan fingerprint density at radius 3 is 2.64 bits per heavy atom. The highest BCUT2D eigenvalue weighted by atomic mass is 16.5. The number of amides is 2. The number of carbonyl (C=O) groups is 3. The summed E-state index contributed by atoms with van der Waals surface area (Å²) < 4.78 is 6.57. The highest BCUT2D eigenvalue weighted by molar-refractivity contribution is 6.02. The zero-order chi connectivity index (χ0) is 25.1. The van der Waals surface area contributed by atoms with E-state index in [0.717, 1.165) is 25.7 Å². The van der Waals surface area contributed by atoms with E-state index in [0.29, 0.717) is 29.3 Å². The SMILES string of the molecule is CCOC(=O)c1ccn(-c2cccc(NC(=O)C3CC4CCCCC4N3C(=O)c3ccccc3)c2)n1. The van der Waals surface area contributed by atoms with Gasteiger partial charge < -0.3 is 15.0 Å². The number of carbonyl (C=O) groups excluding carboxylic acids is 3. The van der Waals surface area contributed by atoms with Crippen LogP contribution in [0.1, 0.15) is 59.9 Å². The van der Waals surface area contributed by atoms with Crippen molar-refractivity contribution in [1.29, 1.82) is 0 Å². The molecule has 3 atom stereocenters. The van der Waals surface area contributed by atoms with Gasteiger partial charge >= 0.3 is 5.97 Å². The predicted molar refractivity (Wildman–Crippen MR) is 135 cm³/mol. The molecule has 0 spiro atoms. The van der Waals surface area contributed by atoms with Crippen molar-refractivity contribution in [3.63, 3.8) is 0 Å². The summed E-state index contributed by atoms with van der Waals surface area (Å²) in [6.07, 6.45) is 6.55. The van der Waals surface area contributed by atoms with Crippen LogP contribution in [-0.4, -0.2) is 51.2 Å². The minimum absolute atomic E-state index is 0.0815. The number of anilines is 1. The molecule has 1 N–H and O–H groups in total. The number of hydrogen-bond acceptors (Lipinski definition) is 5. The third-order valence-corrected chi connectivity index (χ3v) is 7.10. The Hall–Kier alpha value is -3.94. The summed E-state index contributed by atoms with van der Waals surface area (Å²) in [5.74, 6) is -0.397. The van der Waals surface area contributed by atoms with E-state index in [1.165, 1.54) is 0 Å². The third kappa shape index (κ3) is 4.76. The largest absolute Gasteiger partial charge is 0.461 e. The number of hydrogen-bond donors (Lipinski definition) is 1. The smallest absolute Gasteiger partial charge is 0.358 e. The minimum atomic E-state index is -0.519. The lowest BCUT2D eigenvalue weighted by atomic mass is 9.84. The molecule has 3 unspecified atom stereocenters. The number of ether oxygens (including phenoxy) is 1. The van der Waals surface area contributed by atoms with Crippen LogP contribution in [-0.2, 0) is 9.53 Å². The maximum atomic E-state index is 13.5. The highest BCUT2D eigenvalue weighted by Gasteiger charge is 2.47. The Morgan fingerprint density at radius 2 is 1.83 bits per heavy atom. The molecule has 8 nitrogen and oxygen atoms in total. The summed E-state index contributed by atoms with van der Waals surface area (Å²) in [5.41, 5.74) is 2.13. The Kier molecular flexibility index (Phi) is 6.84. The summed E-state index contributed by atoms with van der Waals surface area (Å²) in [6.45, 7) is 2.02. The van der Waals surface area contributed by atoms with Gasteiger partial charge in [-0.25, -0.2) is 9.48 Å². The Morgan fingerprint density at radius 1 is 1.03 bits per heavy atom. The average Bonchev–Trinajstić information content (AvgIpc) is 3.55. The molecule has 5 rings (SSSR count). The predicted octanol–water partition coefficient (Wildman–Crippen LogP) is 4.46. The van der Waals surface area contributed by atoms with E-state index in [4.69, 9.17) is 4.74 Å². The van der Waals surface area contributed by atoms with Crippen LogP contribution in [0.4, 0.5) is 5.69 Å². The molecule has 2 heterocycles. The summed E-state index contributed by atoms with van der Waals surface area (Å²) in [6, 6.07) is 17.6. The lowest BCUT2D eigenvalue weighted by Gasteiger charge is -2.33. The van der Waals surface area contributed by atoms with Gasteiger partial charge in [0, 0.05) is 23.5 Å². The zero-order valence-electron chi connectivity index (χ0n) is 20.3. The van der Waals surface area contributed by atoms with Gasteiger partial charge in [-0.1, -0.05) is 37.1 Å². The fourth-order valence-electron chi connectivity index (χ4n) is 5.45. The molecule has 186 valence electrons. The highest BCUT2D eigenvalue weighted by Crippen LogP contribution is 2.41. The maximum Gasteiger partial charge on any atom is 0.358 e. The van der Waals surface area contributed by atoms with Crippen molar-refractivity contribution in [2.75, 3.05) is 11.9 Å². The lowest BCUT2D eigenvalue weighted by Crippen LogP contribution is -2.47. The Bertz CT molecular complexity index is 1260. The monoisotopic (exact) mass is 486 g/mol. The van der Waals surface area contributed by atoms with Crippen molar-refractivity contribution in [2.24, 2.45) is 5.92 Å². The third-order valence-electron chi connectivity index (χ3n) is 7.10. The topological polar surface area (TPSA) is 93.5 Å². The molecule has 1 aliphatic heterocycles. The number of fused-ring (bicyclic) bond motifs is 1. The molecule has 1 saturated carbocycles. The van der Waals surface area contributed by atoms with Crippen molar-refractivity contribution in [2.45, 2.75) is 51.1 Å². The molecule has 0 radical (unpaired) electrons. The molecule has 8 heteroatoms. The summed E-state index contributed by atoms with van der Waals surface area (Å²) in [4.78, 5) is 40.8. The molecular formula is C28H30N4O4. The van der Waals surface area contributed by atoms with Gasteiger partial charge in [-0.3, -0.25) is 9.59 Å². The lowest BCUT2D eigenvalue weighted by molar-refractivity contribution is -0.120. The van der Waals surface area contributed by atoms with Gasteiger partial charge in [0.05, 0.1) is 12.3 Å². The number of benzene rings is 2. The molecule has 36 heavy (non-hydrogen) atoms. The molecule has 1 aromatic heterocycles. The van der Waals surface area contributed by atoms with E-state index >= 15 is 0 Å². The standard InChI is InChI=1S/C28H30N4O4/c1-2-36-28(35)23-15-16-31(30-23)22-13-8-12-21(18-22)29-26(33)25-17-20-11-6-7-14-24(20)32(25)27(34)19-9-4-3-5-10-19/h3-5,8-10,12-13,15-16,18,20,24-25H,2,6-7,11,14,17H2,1H3,(H,29,33). The quantitative estimate of drug-likeness (QED) is 0.519. The van der Waals surface area contributed by atoms with E-state index in [1.54, 1.807) is 29.9 Å². The van der Waals surface area contributed by atoms with E-state index in [-0.39, 0.29) is 30.2 Å². The van der Waals surface area contributed by atoms with Crippen molar-refractivity contribution in [3.8, 4) is 5.69 Å². The second kappa shape index (κ2) is 10.4. The van der Waals surface area contributed by atoms with Crippen molar-refractivity contribution in [3.05, 3.63) is 78.1 Å². The number of rotatable bonds is 6. The van der Waals surface area contributed by atoms with Gasteiger partial charge in [-0.2, -0.15) is 5.10 Å². The fourth-order valence-corrected chi connectivity index (χ4v) is 5.45. The van der Waals surface area contributed by atoms with Crippen LogP contribution in [0.15, 0.2) is 66.9 Å². The first-order valence-corrected chi connectivity index (χ1v) is 12.6. The summed E-state index contributed by atoms with van der Waals surface area (Å²) >= 11 is 0. The van der Waals surface area contributed by atoms with Crippen LogP contribution in [0.25, 0.3) is 5.69 Å². The van der Waals surface area contributed by atoms with Crippen LogP contribution in [0, 0.1) is 5.92 Å². The first-order valence-electron chi connectivity index (χ1n) is 12.6. The molecule has 0 bridgehead atoms. The van der Waals surface area contributed by atoms with E-state index in [2.05, 4.69) is 10.4 Å². The molecule has 2 amide bonds. The van der Waals surface area contributed by atoms with Gasteiger partial charge in [0.25, 0.3) is 5.91 Å². The Labute approximate surface area is 210 Å². The second-order valence-corrected chi connectivity index (χ2v) is 9.35. The number of nitrogens with one attached hydrogen (secondary N) is 1. The molecule has 1 saturated heterocycles. The van der Waals surface area contributed by atoms with Crippen LogP contribution < -0.4 is 5.32 Å². The van der Waals surface area contributed by atoms with Crippen LogP contribution in [0.3, 0.4) is 0 Å². The summed E-state index contributed by atoms with van der Waals surface area (Å²) in [5, 5.41) is 7.32. The van der Waals surface area contributed by atoms with E-state index in [1.807, 2.05) is 53.4 Å². The molecule has 2 fully saturated rings. The van der Waals surface area contributed by atoms with Crippen molar-refractivity contribution >= 4 is 23.5 Å². The molecule has 2 aliphatic rings. The maximum absolute atomic E-state index is 13.5. The number of likely N-dealkylation sites (tertiary alicyclic amines) is 1. The van der Waals surface area contributed by atoms with Crippen molar-refractivity contribution in [1.82, 2.24) is 14.7 Å². The van der Waals surface area contributed by atoms with Gasteiger partial charge in [-0.05, 0) is 68.5 Å². The molecule has 2 aromatic carbocycles. The number of aromatic nitrogens is 2. The van der Waals surface area contributed by atoms with E-state index in [9.17, 15) is 14.4 Å². The van der Waals surface area contributed by atoms with Crippen LogP contribution in [0.2, 0.25) is 0 Å². The first kappa shape index (κ1) is 23.8. The molecular weight excluding hydrogens is 456 g/mol. The van der Waals surface area contributed by atoms with Gasteiger partial charge in [0.15, 0.2) is 5.69 Å². The number of nitrogens with zero attached hydrogens (tertiary/aromatic N) is 3.